The van der Waals surface area contributed by atoms with Gasteiger partial charge >= 0.3 is 5.97 Å². The van der Waals surface area contributed by atoms with Crippen LogP contribution in [0.3, 0.4) is 0 Å². The molecule has 0 saturated carbocycles. The van der Waals surface area contributed by atoms with Crippen molar-refractivity contribution in [2.75, 3.05) is 24.7 Å². The lowest BCUT2D eigenvalue weighted by Gasteiger charge is -2.28. The lowest BCUT2D eigenvalue weighted by Crippen LogP contribution is -2.34. The largest absolute Gasteiger partial charge is 0.500 e. The van der Waals surface area contributed by atoms with E-state index in [2.05, 4.69) is 4.98 Å². The standard InChI is InChI=1S/C22H22ClFN2O5/c1-2-30-13-16(22(28)29)21(27)15-10-17(23)19(11-18(15)24)26-9-5-6-14(26)12-31-20-7-3-4-8-25-20/h3-4,7-8,10-11,13-14H,2,5-6,9,12H2,1H3,(H,28,29)/b16-13-. The van der Waals surface area contributed by atoms with Crippen molar-refractivity contribution in [2.45, 2.75) is 25.8 Å². The zero-order valence-electron chi connectivity index (χ0n) is 16.9. The molecule has 2 aromatic rings. The predicted octanol–water partition coefficient (Wildman–Crippen LogP) is 4.11. The van der Waals surface area contributed by atoms with Crippen molar-refractivity contribution < 1.29 is 28.6 Å². The number of carboxylic acid groups (broad SMARTS) is 1. The number of Topliss-reactive ketones (excluding diaryl/α,β-unsaturated/α-hetero) is 1. The van der Waals surface area contributed by atoms with Gasteiger partial charge in [0.1, 0.15) is 24.3 Å². The second-order valence-electron chi connectivity index (χ2n) is 6.87. The molecule has 1 saturated heterocycles. The molecule has 2 heterocycles. The first-order valence-corrected chi connectivity index (χ1v) is 10.2. The predicted molar refractivity (Wildman–Crippen MR) is 113 cm³/mol. The van der Waals surface area contributed by atoms with Crippen LogP contribution >= 0.6 is 11.6 Å². The zero-order chi connectivity index (χ0) is 22.4. The van der Waals surface area contributed by atoms with Gasteiger partial charge in [0, 0.05) is 18.8 Å². The summed E-state index contributed by atoms with van der Waals surface area (Å²) in [5.41, 5.74) is -0.677. The SMILES string of the molecule is CCO/C=C(\C(=O)O)C(=O)c1cc(Cl)c(N2CCCC2COc2ccccn2)cc1F. The molecule has 1 aliphatic heterocycles. The van der Waals surface area contributed by atoms with Crippen LogP contribution < -0.4 is 9.64 Å². The fourth-order valence-electron chi connectivity index (χ4n) is 3.38. The molecule has 0 bridgehead atoms. The van der Waals surface area contributed by atoms with Crippen molar-refractivity contribution in [1.82, 2.24) is 4.98 Å². The number of pyridine rings is 1. The van der Waals surface area contributed by atoms with E-state index in [4.69, 9.17) is 21.1 Å². The van der Waals surface area contributed by atoms with E-state index in [9.17, 15) is 19.1 Å². The van der Waals surface area contributed by atoms with Gasteiger partial charge in [-0.1, -0.05) is 17.7 Å². The van der Waals surface area contributed by atoms with E-state index in [1.165, 1.54) is 0 Å². The van der Waals surface area contributed by atoms with Gasteiger partial charge < -0.3 is 19.5 Å². The second kappa shape index (κ2) is 10.3. The summed E-state index contributed by atoms with van der Waals surface area (Å²) in [5, 5.41) is 9.40. The van der Waals surface area contributed by atoms with Crippen LogP contribution in [0, 0.1) is 5.82 Å². The van der Waals surface area contributed by atoms with Crippen LogP contribution in [-0.2, 0) is 9.53 Å². The first kappa shape index (κ1) is 22.6. The summed E-state index contributed by atoms with van der Waals surface area (Å²) in [7, 11) is 0. The summed E-state index contributed by atoms with van der Waals surface area (Å²) in [6, 6.07) is 7.64. The van der Waals surface area contributed by atoms with Crippen LogP contribution in [-0.4, -0.2) is 47.6 Å². The maximum Gasteiger partial charge on any atom is 0.342 e. The Morgan fingerprint density at radius 3 is 2.87 bits per heavy atom. The number of nitrogens with zero attached hydrogens (tertiary/aromatic N) is 2. The number of carboxylic acids is 1. The lowest BCUT2D eigenvalue weighted by atomic mass is 10.0. The Bertz CT molecular complexity index is 983. The monoisotopic (exact) mass is 448 g/mol. The molecule has 9 heteroatoms. The van der Waals surface area contributed by atoms with Gasteiger partial charge in [0.2, 0.25) is 11.7 Å². The molecule has 1 unspecified atom stereocenters. The van der Waals surface area contributed by atoms with Gasteiger partial charge in [-0.15, -0.1) is 0 Å². The fourth-order valence-corrected chi connectivity index (χ4v) is 3.66. The van der Waals surface area contributed by atoms with Crippen LogP contribution in [0.25, 0.3) is 0 Å². The number of ether oxygens (including phenoxy) is 2. The van der Waals surface area contributed by atoms with Crippen LogP contribution in [0.1, 0.15) is 30.1 Å². The molecule has 1 aliphatic rings. The smallest absolute Gasteiger partial charge is 0.342 e. The molecule has 1 N–H and O–H groups in total. The molecule has 0 radical (unpaired) electrons. The topological polar surface area (TPSA) is 89.0 Å². The molecule has 31 heavy (non-hydrogen) atoms. The molecule has 0 spiro atoms. The van der Waals surface area contributed by atoms with Crippen LogP contribution in [0.15, 0.2) is 48.4 Å². The number of hydrogen-bond donors (Lipinski definition) is 1. The highest BCUT2D eigenvalue weighted by Crippen LogP contribution is 2.34. The van der Waals surface area contributed by atoms with Crippen LogP contribution in [0.4, 0.5) is 10.1 Å². The highest BCUT2D eigenvalue weighted by atomic mass is 35.5. The van der Waals surface area contributed by atoms with E-state index >= 15 is 0 Å². The van der Waals surface area contributed by atoms with E-state index in [-0.39, 0.29) is 17.7 Å². The third kappa shape index (κ3) is 5.32. The summed E-state index contributed by atoms with van der Waals surface area (Å²) in [6.45, 7) is 2.79. The second-order valence-corrected chi connectivity index (χ2v) is 7.28. The van der Waals surface area contributed by atoms with Crippen molar-refractivity contribution in [3.8, 4) is 5.88 Å². The van der Waals surface area contributed by atoms with Gasteiger partial charge in [0.05, 0.1) is 28.9 Å². The number of hydrogen-bond acceptors (Lipinski definition) is 6. The highest BCUT2D eigenvalue weighted by Gasteiger charge is 2.30. The quantitative estimate of drug-likeness (QED) is 0.203. The maximum absolute atomic E-state index is 14.8. The molecule has 164 valence electrons. The zero-order valence-corrected chi connectivity index (χ0v) is 17.6. The minimum absolute atomic E-state index is 0.0483. The Morgan fingerprint density at radius 1 is 1.39 bits per heavy atom. The summed E-state index contributed by atoms with van der Waals surface area (Å²) in [4.78, 5) is 30.0. The van der Waals surface area contributed by atoms with Crippen molar-refractivity contribution in [3.63, 3.8) is 0 Å². The van der Waals surface area contributed by atoms with Gasteiger partial charge in [-0.05, 0) is 38.0 Å². The number of anilines is 1. The average molecular weight is 449 g/mol. The Hall–Kier alpha value is -3.13. The van der Waals surface area contributed by atoms with E-state index < -0.39 is 28.7 Å². The normalized spacial score (nSPS) is 16.3. The first-order valence-electron chi connectivity index (χ1n) is 9.81. The molecule has 1 fully saturated rings. The minimum Gasteiger partial charge on any atom is -0.500 e. The van der Waals surface area contributed by atoms with Gasteiger partial charge in [0.15, 0.2) is 0 Å². The minimum atomic E-state index is -1.51. The van der Waals surface area contributed by atoms with Gasteiger partial charge in [-0.25, -0.2) is 14.2 Å². The maximum atomic E-state index is 14.8. The molecule has 7 nitrogen and oxygen atoms in total. The molecule has 1 aromatic heterocycles. The molecule has 1 aromatic carbocycles. The Labute approximate surface area is 184 Å². The van der Waals surface area contributed by atoms with E-state index in [0.29, 0.717) is 24.7 Å². The first-order chi connectivity index (χ1) is 14.9. The summed E-state index contributed by atoms with van der Waals surface area (Å²) in [6.07, 6.45) is 4.15. The highest BCUT2D eigenvalue weighted by molar-refractivity contribution is 6.34. The fraction of sp³-hybridized carbons (Fsp3) is 0.318. The molecule has 1 atom stereocenters. The number of halogens is 2. The molecule has 3 rings (SSSR count). The van der Waals surface area contributed by atoms with Crippen molar-refractivity contribution in [2.24, 2.45) is 0 Å². The summed E-state index contributed by atoms with van der Waals surface area (Å²) >= 11 is 6.38. The number of rotatable bonds is 9. The molecule has 0 amide bonds. The number of aromatic nitrogens is 1. The number of ketones is 1. The van der Waals surface area contributed by atoms with E-state index in [0.717, 1.165) is 31.2 Å². The number of aliphatic carboxylic acids is 1. The molecular weight excluding hydrogens is 427 g/mol. The van der Waals surface area contributed by atoms with Crippen molar-refractivity contribution in [1.29, 1.82) is 0 Å². The van der Waals surface area contributed by atoms with E-state index in [1.54, 1.807) is 25.3 Å². The molecular formula is C22H22ClFN2O5. The number of carbonyl (C=O) groups excluding carboxylic acids is 1. The Morgan fingerprint density at radius 2 is 2.19 bits per heavy atom. The number of carbonyl (C=O) groups is 2. The molecule has 0 aliphatic carbocycles. The van der Waals surface area contributed by atoms with Gasteiger partial charge in [-0.3, -0.25) is 4.79 Å². The third-order valence-corrected chi connectivity index (χ3v) is 5.17. The van der Waals surface area contributed by atoms with Crippen LogP contribution in [0.2, 0.25) is 5.02 Å². The Balaban J connectivity index is 1.82. The third-order valence-electron chi connectivity index (χ3n) is 4.87. The lowest BCUT2D eigenvalue weighted by molar-refractivity contribution is -0.132. The summed E-state index contributed by atoms with van der Waals surface area (Å²) < 4.78 is 25.5. The van der Waals surface area contributed by atoms with Crippen molar-refractivity contribution >= 4 is 29.0 Å². The van der Waals surface area contributed by atoms with Gasteiger partial charge in [-0.2, -0.15) is 0 Å². The van der Waals surface area contributed by atoms with Crippen LogP contribution in [0.5, 0.6) is 5.88 Å². The van der Waals surface area contributed by atoms with E-state index in [1.807, 2.05) is 11.0 Å². The Kier molecular flexibility index (Phi) is 7.46. The average Bonchev–Trinajstić information content (AvgIpc) is 3.22. The van der Waals surface area contributed by atoms with Gasteiger partial charge in [0.25, 0.3) is 0 Å². The number of benzene rings is 1. The summed E-state index contributed by atoms with van der Waals surface area (Å²) in [5.74, 6) is -2.88. The van der Waals surface area contributed by atoms with Crippen molar-refractivity contribution in [3.05, 3.63) is 64.8 Å².